The van der Waals surface area contributed by atoms with Crippen molar-refractivity contribution < 1.29 is 8.42 Å². The lowest BCUT2D eigenvalue weighted by molar-refractivity contribution is 0.429. The molecule has 0 aromatic heterocycles. The molecule has 0 spiro atoms. The first-order chi connectivity index (χ1) is 8.82. The fraction of sp³-hybridized carbons (Fsp3) is 0.538. The monoisotopic (exact) mass is 346 g/mol. The van der Waals surface area contributed by atoms with Crippen LogP contribution in [0.3, 0.4) is 0 Å². The molecule has 1 aliphatic heterocycles. The number of hydrogen-bond acceptors (Lipinski definition) is 3. The van der Waals surface area contributed by atoms with Crippen LogP contribution in [-0.2, 0) is 10.0 Å². The highest BCUT2D eigenvalue weighted by Crippen LogP contribution is 2.27. The normalized spacial score (nSPS) is 22.6. The number of sulfonamides is 1. The van der Waals surface area contributed by atoms with Crippen LogP contribution < -0.4 is 5.73 Å². The fourth-order valence-electron chi connectivity index (χ4n) is 2.33. The van der Waals surface area contributed by atoms with Crippen molar-refractivity contribution in [3.63, 3.8) is 0 Å². The van der Waals surface area contributed by atoms with E-state index in [4.69, 9.17) is 5.73 Å². The minimum absolute atomic E-state index is 0.0341. The summed E-state index contributed by atoms with van der Waals surface area (Å²) in [4.78, 5) is 0.360. The predicted molar refractivity (Wildman–Crippen MR) is 79.4 cm³/mol. The molecule has 0 aliphatic carbocycles. The smallest absolute Gasteiger partial charge is 0.243 e. The quantitative estimate of drug-likeness (QED) is 0.911. The van der Waals surface area contributed by atoms with Gasteiger partial charge in [0.1, 0.15) is 0 Å². The zero-order valence-electron chi connectivity index (χ0n) is 11.1. The van der Waals surface area contributed by atoms with Crippen molar-refractivity contribution in [2.24, 2.45) is 11.7 Å². The standard InChI is InChI=1S/C13H19BrN2O2S/c1-9-7-12(3-4-13(9)14)19(17,18)16-6-5-11(8-16)10(2)15/h3-4,7,10-11H,5-6,8,15H2,1-2H3. The fourth-order valence-corrected chi connectivity index (χ4v) is 4.17. The Morgan fingerprint density at radius 1 is 1.47 bits per heavy atom. The molecule has 2 rings (SSSR count). The second kappa shape index (κ2) is 5.52. The van der Waals surface area contributed by atoms with Crippen molar-refractivity contribution in [2.75, 3.05) is 13.1 Å². The third kappa shape index (κ3) is 3.02. The molecule has 4 nitrogen and oxygen atoms in total. The van der Waals surface area contributed by atoms with E-state index in [2.05, 4.69) is 15.9 Å². The minimum atomic E-state index is -3.39. The topological polar surface area (TPSA) is 63.4 Å². The molecule has 0 bridgehead atoms. The van der Waals surface area contributed by atoms with Gasteiger partial charge in [-0.2, -0.15) is 4.31 Å². The number of benzene rings is 1. The van der Waals surface area contributed by atoms with Gasteiger partial charge in [0.25, 0.3) is 0 Å². The second-order valence-electron chi connectivity index (χ2n) is 5.18. The van der Waals surface area contributed by atoms with Crippen molar-refractivity contribution in [2.45, 2.75) is 31.2 Å². The SMILES string of the molecule is Cc1cc(S(=O)(=O)N2CCC(C(C)N)C2)ccc1Br. The van der Waals surface area contributed by atoms with Crippen LogP contribution in [-0.4, -0.2) is 31.9 Å². The molecular weight excluding hydrogens is 328 g/mol. The number of halogens is 1. The van der Waals surface area contributed by atoms with Gasteiger partial charge in [0.15, 0.2) is 0 Å². The van der Waals surface area contributed by atoms with Crippen LogP contribution >= 0.6 is 15.9 Å². The van der Waals surface area contributed by atoms with Crippen LogP contribution in [0.25, 0.3) is 0 Å². The first-order valence-electron chi connectivity index (χ1n) is 6.34. The van der Waals surface area contributed by atoms with Gasteiger partial charge in [0.05, 0.1) is 4.90 Å². The van der Waals surface area contributed by atoms with E-state index in [0.29, 0.717) is 18.0 Å². The minimum Gasteiger partial charge on any atom is -0.328 e. The summed E-state index contributed by atoms with van der Waals surface area (Å²) < 4.78 is 27.5. The Morgan fingerprint density at radius 2 is 2.16 bits per heavy atom. The number of hydrogen-bond donors (Lipinski definition) is 1. The summed E-state index contributed by atoms with van der Waals surface area (Å²) in [7, 11) is -3.39. The van der Waals surface area contributed by atoms with Gasteiger partial charge in [-0.05, 0) is 49.9 Å². The van der Waals surface area contributed by atoms with Gasteiger partial charge < -0.3 is 5.73 Å². The van der Waals surface area contributed by atoms with Crippen molar-refractivity contribution in [3.8, 4) is 0 Å². The molecule has 106 valence electrons. The number of nitrogens with zero attached hydrogens (tertiary/aromatic N) is 1. The Kier molecular flexibility index (Phi) is 4.35. The molecule has 1 aliphatic rings. The Bertz CT molecular complexity index is 572. The van der Waals surface area contributed by atoms with E-state index in [-0.39, 0.29) is 12.0 Å². The molecule has 1 saturated heterocycles. The summed E-state index contributed by atoms with van der Waals surface area (Å²) >= 11 is 3.38. The molecule has 2 N–H and O–H groups in total. The van der Waals surface area contributed by atoms with E-state index in [1.807, 2.05) is 13.8 Å². The molecule has 6 heteroatoms. The Hall–Kier alpha value is -0.430. The van der Waals surface area contributed by atoms with Crippen molar-refractivity contribution in [1.82, 2.24) is 4.31 Å². The number of rotatable bonds is 3. The average molecular weight is 347 g/mol. The van der Waals surface area contributed by atoms with Gasteiger partial charge >= 0.3 is 0 Å². The second-order valence-corrected chi connectivity index (χ2v) is 7.97. The zero-order valence-corrected chi connectivity index (χ0v) is 13.5. The van der Waals surface area contributed by atoms with E-state index >= 15 is 0 Å². The number of nitrogens with two attached hydrogens (primary N) is 1. The zero-order chi connectivity index (χ0) is 14.2. The van der Waals surface area contributed by atoms with Crippen molar-refractivity contribution in [3.05, 3.63) is 28.2 Å². The summed E-state index contributed by atoms with van der Waals surface area (Å²) in [5, 5.41) is 0. The summed E-state index contributed by atoms with van der Waals surface area (Å²) in [5.74, 6) is 0.256. The predicted octanol–water partition coefficient (Wildman–Crippen LogP) is 2.12. The molecule has 1 aromatic carbocycles. The van der Waals surface area contributed by atoms with E-state index < -0.39 is 10.0 Å². The Balaban J connectivity index is 2.26. The largest absolute Gasteiger partial charge is 0.328 e. The van der Waals surface area contributed by atoms with Gasteiger partial charge in [-0.15, -0.1) is 0 Å². The summed E-state index contributed by atoms with van der Waals surface area (Å²) in [6.45, 7) is 4.90. The van der Waals surface area contributed by atoms with Crippen molar-refractivity contribution >= 4 is 26.0 Å². The van der Waals surface area contributed by atoms with E-state index in [1.54, 1.807) is 22.5 Å². The van der Waals surface area contributed by atoms with Gasteiger partial charge in [-0.25, -0.2) is 8.42 Å². The van der Waals surface area contributed by atoms with Gasteiger partial charge in [0, 0.05) is 23.6 Å². The highest BCUT2D eigenvalue weighted by Gasteiger charge is 2.33. The van der Waals surface area contributed by atoms with Crippen LogP contribution in [0.4, 0.5) is 0 Å². The lowest BCUT2D eigenvalue weighted by atomic mass is 10.0. The molecule has 2 unspecified atom stereocenters. The first kappa shape index (κ1) is 15.0. The van der Waals surface area contributed by atoms with Crippen LogP contribution in [0.2, 0.25) is 0 Å². The Morgan fingerprint density at radius 3 is 2.68 bits per heavy atom. The molecule has 1 aromatic rings. The molecule has 0 radical (unpaired) electrons. The van der Waals surface area contributed by atoms with Gasteiger partial charge in [-0.1, -0.05) is 15.9 Å². The molecule has 0 saturated carbocycles. The maximum Gasteiger partial charge on any atom is 0.243 e. The maximum absolute atomic E-state index is 12.5. The molecule has 19 heavy (non-hydrogen) atoms. The highest BCUT2D eigenvalue weighted by atomic mass is 79.9. The highest BCUT2D eigenvalue weighted by molar-refractivity contribution is 9.10. The summed E-state index contributed by atoms with van der Waals surface area (Å²) in [5.41, 5.74) is 6.78. The number of aryl methyl sites for hydroxylation is 1. The molecule has 2 atom stereocenters. The van der Waals surface area contributed by atoms with Crippen LogP contribution in [0.5, 0.6) is 0 Å². The van der Waals surface area contributed by atoms with E-state index in [0.717, 1.165) is 16.5 Å². The maximum atomic E-state index is 12.5. The van der Waals surface area contributed by atoms with Gasteiger partial charge in [-0.3, -0.25) is 0 Å². The summed E-state index contributed by atoms with van der Waals surface area (Å²) in [6.07, 6.45) is 0.840. The molecule has 1 heterocycles. The van der Waals surface area contributed by atoms with Crippen LogP contribution in [0.15, 0.2) is 27.6 Å². The van der Waals surface area contributed by atoms with E-state index in [9.17, 15) is 8.42 Å². The average Bonchev–Trinajstić information content (AvgIpc) is 2.82. The third-order valence-electron chi connectivity index (χ3n) is 3.70. The lowest BCUT2D eigenvalue weighted by Crippen LogP contribution is -2.33. The van der Waals surface area contributed by atoms with Crippen LogP contribution in [0.1, 0.15) is 18.9 Å². The Labute approximate surface area is 123 Å². The molecular formula is C13H19BrN2O2S. The summed E-state index contributed by atoms with van der Waals surface area (Å²) in [6, 6.07) is 5.16. The van der Waals surface area contributed by atoms with Gasteiger partial charge in [0.2, 0.25) is 10.0 Å². The first-order valence-corrected chi connectivity index (χ1v) is 8.57. The van der Waals surface area contributed by atoms with Crippen molar-refractivity contribution in [1.29, 1.82) is 0 Å². The van der Waals surface area contributed by atoms with Crippen LogP contribution in [0, 0.1) is 12.8 Å². The lowest BCUT2D eigenvalue weighted by Gasteiger charge is -2.18. The third-order valence-corrected chi connectivity index (χ3v) is 6.45. The molecule has 0 amide bonds. The molecule has 1 fully saturated rings. The van der Waals surface area contributed by atoms with E-state index in [1.165, 1.54) is 0 Å².